The first-order valence-electron chi connectivity index (χ1n) is 5.03. The van der Waals surface area contributed by atoms with Crippen LogP contribution < -0.4 is 11.1 Å². The van der Waals surface area contributed by atoms with Gasteiger partial charge >= 0.3 is 0 Å². The molecule has 0 radical (unpaired) electrons. The molecule has 0 bridgehead atoms. The van der Waals surface area contributed by atoms with E-state index in [1.165, 1.54) is 19.3 Å². The molecule has 0 aliphatic heterocycles. The van der Waals surface area contributed by atoms with Crippen LogP contribution in [-0.2, 0) is 0 Å². The predicted molar refractivity (Wildman–Crippen MR) is 53.1 cm³/mol. The van der Waals surface area contributed by atoms with Crippen molar-refractivity contribution in [2.45, 2.75) is 51.6 Å². The molecule has 0 saturated heterocycles. The summed E-state index contributed by atoms with van der Waals surface area (Å²) >= 11 is 0. The van der Waals surface area contributed by atoms with Gasteiger partial charge in [-0.1, -0.05) is 13.8 Å². The Hall–Kier alpha value is -0.0800. The molecule has 3 N–H and O–H groups in total. The molecule has 2 heteroatoms. The lowest BCUT2D eigenvalue weighted by Gasteiger charge is -2.31. The first-order chi connectivity index (χ1) is 5.56. The lowest BCUT2D eigenvalue weighted by molar-refractivity contribution is 0.297. The highest BCUT2D eigenvalue weighted by molar-refractivity contribution is 4.93. The minimum atomic E-state index is 0.176. The molecular weight excluding hydrogens is 148 g/mol. The van der Waals surface area contributed by atoms with E-state index in [1.54, 1.807) is 0 Å². The summed E-state index contributed by atoms with van der Waals surface area (Å²) < 4.78 is 0. The van der Waals surface area contributed by atoms with Crippen LogP contribution in [0.15, 0.2) is 0 Å². The highest BCUT2D eigenvalue weighted by atomic mass is 15.0. The average molecular weight is 170 g/mol. The normalized spacial score (nSPS) is 22.8. The molecule has 1 unspecified atom stereocenters. The van der Waals surface area contributed by atoms with E-state index in [1.807, 2.05) is 0 Å². The molecule has 12 heavy (non-hydrogen) atoms. The van der Waals surface area contributed by atoms with Gasteiger partial charge < -0.3 is 11.1 Å². The quantitative estimate of drug-likeness (QED) is 0.656. The van der Waals surface area contributed by atoms with Crippen molar-refractivity contribution in [3.63, 3.8) is 0 Å². The number of nitrogens with two attached hydrogens (primary N) is 1. The molecule has 1 fully saturated rings. The standard InChI is InChI=1S/C10H22N2/c1-8(2)6-10(3,7-11)12-9-4-5-9/h8-9,12H,4-7,11H2,1-3H3. The third kappa shape index (κ3) is 3.11. The Morgan fingerprint density at radius 1 is 1.50 bits per heavy atom. The van der Waals surface area contributed by atoms with Crippen LogP contribution in [0.25, 0.3) is 0 Å². The molecular formula is C10H22N2. The summed E-state index contributed by atoms with van der Waals surface area (Å²) in [6.07, 6.45) is 3.86. The monoisotopic (exact) mass is 170 g/mol. The Balaban J connectivity index is 2.36. The zero-order valence-electron chi connectivity index (χ0n) is 8.56. The van der Waals surface area contributed by atoms with E-state index in [0.717, 1.165) is 18.5 Å². The van der Waals surface area contributed by atoms with Crippen molar-refractivity contribution in [2.75, 3.05) is 6.54 Å². The summed E-state index contributed by atoms with van der Waals surface area (Å²) in [6.45, 7) is 7.50. The molecule has 1 rings (SSSR count). The van der Waals surface area contributed by atoms with Crippen LogP contribution in [0, 0.1) is 5.92 Å². The maximum absolute atomic E-state index is 5.77. The minimum Gasteiger partial charge on any atom is -0.329 e. The molecule has 2 nitrogen and oxygen atoms in total. The Morgan fingerprint density at radius 3 is 2.42 bits per heavy atom. The zero-order chi connectivity index (χ0) is 9.19. The fourth-order valence-corrected chi connectivity index (χ4v) is 1.82. The van der Waals surface area contributed by atoms with Gasteiger partial charge in [0.2, 0.25) is 0 Å². The molecule has 0 aromatic heterocycles. The first-order valence-corrected chi connectivity index (χ1v) is 5.03. The number of nitrogens with one attached hydrogen (secondary N) is 1. The zero-order valence-corrected chi connectivity index (χ0v) is 8.56. The van der Waals surface area contributed by atoms with Gasteiger partial charge in [0.25, 0.3) is 0 Å². The van der Waals surface area contributed by atoms with Gasteiger partial charge in [-0.05, 0) is 32.1 Å². The van der Waals surface area contributed by atoms with Gasteiger partial charge in [-0.3, -0.25) is 0 Å². The van der Waals surface area contributed by atoms with Crippen molar-refractivity contribution in [3.8, 4) is 0 Å². The molecule has 72 valence electrons. The van der Waals surface area contributed by atoms with E-state index in [-0.39, 0.29) is 5.54 Å². The van der Waals surface area contributed by atoms with Gasteiger partial charge in [-0.15, -0.1) is 0 Å². The van der Waals surface area contributed by atoms with Gasteiger partial charge in [0.1, 0.15) is 0 Å². The largest absolute Gasteiger partial charge is 0.329 e. The third-order valence-corrected chi connectivity index (χ3v) is 2.44. The summed E-state index contributed by atoms with van der Waals surface area (Å²) in [4.78, 5) is 0. The van der Waals surface area contributed by atoms with E-state index in [9.17, 15) is 0 Å². The maximum atomic E-state index is 5.77. The van der Waals surface area contributed by atoms with Crippen LogP contribution in [0.3, 0.4) is 0 Å². The molecule has 0 amide bonds. The van der Waals surface area contributed by atoms with Gasteiger partial charge in [0, 0.05) is 18.1 Å². The van der Waals surface area contributed by atoms with Gasteiger partial charge in [0.05, 0.1) is 0 Å². The molecule has 1 saturated carbocycles. The number of rotatable bonds is 5. The maximum Gasteiger partial charge on any atom is 0.0280 e. The second-order valence-electron chi connectivity index (χ2n) is 4.78. The van der Waals surface area contributed by atoms with Crippen LogP contribution in [0.4, 0.5) is 0 Å². The molecule has 0 heterocycles. The lowest BCUT2D eigenvalue weighted by Crippen LogP contribution is -2.50. The van der Waals surface area contributed by atoms with Crippen LogP contribution in [-0.4, -0.2) is 18.1 Å². The Labute approximate surface area is 75.9 Å². The van der Waals surface area contributed by atoms with Crippen molar-refractivity contribution < 1.29 is 0 Å². The Bertz CT molecular complexity index is 135. The van der Waals surface area contributed by atoms with E-state index in [2.05, 4.69) is 26.1 Å². The van der Waals surface area contributed by atoms with E-state index >= 15 is 0 Å². The van der Waals surface area contributed by atoms with E-state index in [0.29, 0.717) is 0 Å². The second-order valence-corrected chi connectivity index (χ2v) is 4.78. The van der Waals surface area contributed by atoms with Crippen LogP contribution in [0.1, 0.15) is 40.0 Å². The van der Waals surface area contributed by atoms with Crippen LogP contribution in [0.2, 0.25) is 0 Å². The van der Waals surface area contributed by atoms with E-state index < -0.39 is 0 Å². The highest BCUT2D eigenvalue weighted by Gasteiger charge is 2.31. The van der Waals surface area contributed by atoms with Crippen molar-refractivity contribution in [3.05, 3.63) is 0 Å². The topological polar surface area (TPSA) is 38.0 Å². The molecule has 1 aliphatic rings. The van der Waals surface area contributed by atoms with Gasteiger partial charge in [-0.25, -0.2) is 0 Å². The lowest BCUT2D eigenvalue weighted by atomic mass is 9.91. The summed E-state index contributed by atoms with van der Waals surface area (Å²) in [7, 11) is 0. The van der Waals surface area contributed by atoms with Crippen molar-refractivity contribution in [1.29, 1.82) is 0 Å². The van der Waals surface area contributed by atoms with Gasteiger partial charge in [0.15, 0.2) is 0 Å². The van der Waals surface area contributed by atoms with Crippen molar-refractivity contribution >= 4 is 0 Å². The third-order valence-electron chi connectivity index (χ3n) is 2.44. The molecule has 0 aromatic rings. The fourth-order valence-electron chi connectivity index (χ4n) is 1.82. The molecule has 1 aliphatic carbocycles. The number of hydrogen-bond acceptors (Lipinski definition) is 2. The highest BCUT2D eigenvalue weighted by Crippen LogP contribution is 2.25. The Kier molecular flexibility index (Phi) is 3.13. The summed E-state index contributed by atoms with van der Waals surface area (Å²) in [5.41, 5.74) is 5.94. The smallest absolute Gasteiger partial charge is 0.0280 e. The SMILES string of the molecule is CC(C)CC(C)(CN)NC1CC1. The second kappa shape index (κ2) is 3.75. The Morgan fingerprint density at radius 2 is 2.08 bits per heavy atom. The number of hydrogen-bond donors (Lipinski definition) is 2. The predicted octanol–water partition coefficient (Wildman–Crippen LogP) is 1.50. The van der Waals surface area contributed by atoms with Crippen LogP contribution >= 0.6 is 0 Å². The summed E-state index contributed by atoms with van der Waals surface area (Å²) in [5.74, 6) is 0.727. The first kappa shape index (κ1) is 10.0. The summed E-state index contributed by atoms with van der Waals surface area (Å²) in [6, 6.07) is 0.761. The summed E-state index contributed by atoms with van der Waals surface area (Å²) in [5, 5.41) is 3.62. The average Bonchev–Trinajstić information content (AvgIpc) is 2.70. The van der Waals surface area contributed by atoms with Crippen LogP contribution in [0.5, 0.6) is 0 Å². The van der Waals surface area contributed by atoms with Crippen molar-refractivity contribution in [2.24, 2.45) is 11.7 Å². The van der Waals surface area contributed by atoms with E-state index in [4.69, 9.17) is 5.73 Å². The van der Waals surface area contributed by atoms with Crippen molar-refractivity contribution in [1.82, 2.24) is 5.32 Å². The molecule has 0 spiro atoms. The fraction of sp³-hybridized carbons (Fsp3) is 1.00. The molecule has 1 atom stereocenters. The minimum absolute atomic E-state index is 0.176. The van der Waals surface area contributed by atoms with Gasteiger partial charge in [-0.2, -0.15) is 0 Å². The molecule has 0 aromatic carbocycles.